The molecule has 0 aliphatic rings. The molecule has 0 saturated heterocycles. The Morgan fingerprint density at radius 3 is 2.73 bits per heavy atom. The van der Waals surface area contributed by atoms with Crippen LogP contribution in [0.25, 0.3) is 32.9 Å². The summed E-state index contributed by atoms with van der Waals surface area (Å²) in [4.78, 5) is 12.8. The van der Waals surface area contributed by atoms with Gasteiger partial charge in [0, 0.05) is 17.0 Å². The van der Waals surface area contributed by atoms with E-state index in [1.165, 1.54) is 5.39 Å². The second-order valence-corrected chi connectivity index (χ2v) is 6.99. The number of amides is 1. The van der Waals surface area contributed by atoms with Crippen molar-refractivity contribution in [1.82, 2.24) is 15.5 Å². The number of carbonyl (C=O) groups is 1. The van der Waals surface area contributed by atoms with Crippen LogP contribution in [0.4, 0.5) is 0 Å². The van der Waals surface area contributed by atoms with Crippen molar-refractivity contribution in [2.24, 2.45) is 0 Å². The van der Waals surface area contributed by atoms with Crippen LogP contribution >= 0.6 is 0 Å². The number of rotatable bonds is 5. The number of methoxy groups -OCH3 is 1. The van der Waals surface area contributed by atoms with Crippen LogP contribution in [0.2, 0.25) is 0 Å². The Balaban J connectivity index is 1.55. The number of aromatic amines is 1. The molecular weight excluding hydrogens is 378 g/mol. The number of nitrogens with one attached hydrogen (secondary N) is 2. The van der Waals surface area contributed by atoms with Crippen molar-refractivity contribution in [2.75, 3.05) is 7.11 Å². The second-order valence-electron chi connectivity index (χ2n) is 6.99. The molecule has 0 aliphatic heterocycles. The van der Waals surface area contributed by atoms with Gasteiger partial charge in [-0.1, -0.05) is 36.4 Å². The van der Waals surface area contributed by atoms with Gasteiger partial charge >= 0.3 is 0 Å². The Morgan fingerprint density at radius 2 is 1.93 bits per heavy atom. The van der Waals surface area contributed by atoms with Gasteiger partial charge in [-0.25, -0.2) is 0 Å². The number of carbonyl (C=O) groups excluding carboxylic acids is 1. The highest BCUT2D eigenvalue weighted by molar-refractivity contribution is 6.04. The lowest BCUT2D eigenvalue weighted by atomic mass is 10.0. The molecule has 6 heteroatoms. The zero-order valence-electron chi connectivity index (χ0n) is 16.3. The Bertz CT molecular complexity index is 1350. The first-order chi connectivity index (χ1) is 14.7. The maximum atomic E-state index is 12.8. The normalized spacial score (nSPS) is 11.1. The molecule has 2 heterocycles. The van der Waals surface area contributed by atoms with Crippen LogP contribution in [-0.4, -0.2) is 23.2 Å². The van der Waals surface area contributed by atoms with E-state index in [2.05, 4.69) is 39.8 Å². The fourth-order valence-corrected chi connectivity index (χ4v) is 3.62. The molecular formula is C24H19N3O3. The van der Waals surface area contributed by atoms with Crippen LogP contribution < -0.4 is 10.1 Å². The van der Waals surface area contributed by atoms with Crippen LogP contribution in [0.15, 0.2) is 77.4 Å². The van der Waals surface area contributed by atoms with E-state index in [1.807, 2.05) is 30.3 Å². The highest BCUT2D eigenvalue weighted by Crippen LogP contribution is 2.33. The van der Waals surface area contributed by atoms with Gasteiger partial charge in [0.05, 0.1) is 36.7 Å². The Kier molecular flexibility index (Phi) is 4.44. The smallest absolute Gasteiger partial charge is 0.255 e. The van der Waals surface area contributed by atoms with Crippen LogP contribution in [-0.2, 0) is 6.54 Å². The van der Waals surface area contributed by atoms with E-state index in [0.717, 1.165) is 27.5 Å². The monoisotopic (exact) mass is 397 g/mol. The van der Waals surface area contributed by atoms with Crippen molar-refractivity contribution in [3.8, 4) is 17.0 Å². The number of fused-ring (bicyclic) bond motifs is 2. The van der Waals surface area contributed by atoms with Gasteiger partial charge in [-0.15, -0.1) is 0 Å². The van der Waals surface area contributed by atoms with Crippen LogP contribution in [0.1, 0.15) is 16.1 Å². The number of furan rings is 1. The van der Waals surface area contributed by atoms with E-state index >= 15 is 0 Å². The minimum Gasteiger partial charge on any atom is -0.496 e. The van der Waals surface area contributed by atoms with Crippen molar-refractivity contribution >= 4 is 27.6 Å². The van der Waals surface area contributed by atoms with E-state index in [9.17, 15) is 4.79 Å². The summed E-state index contributed by atoms with van der Waals surface area (Å²) in [7, 11) is 1.55. The number of aromatic nitrogens is 2. The first-order valence-electron chi connectivity index (χ1n) is 9.59. The van der Waals surface area contributed by atoms with Crippen LogP contribution in [0.5, 0.6) is 5.75 Å². The summed E-state index contributed by atoms with van der Waals surface area (Å²) in [6.45, 7) is 0.302. The van der Waals surface area contributed by atoms with Gasteiger partial charge in [-0.2, -0.15) is 5.10 Å². The first kappa shape index (κ1) is 18.0. The third kappa shape index (κ3) is 3.18. The van der Waals surface area contributed by atoms with E-state index < -0.39 is 0 Å². The van der Waals surface area contributed by atoms with Crippen molar-refractivity contribution < 1.29 is 13.9 Å². The molecule has 3 aromatic carbocycles. The van der Waals surface area contributed by atoms with Crippen molar-refractivity contribution in [3.63, 3.8) is 0 Å². The molecule has 0 unspecified atom stereocenters. The summed E-state index contributed by atoms with van der Waals surface area (Å²) in [6.07, 6.45) is 1.58. The fraction of sp³-hybridized carbons (Fsp3) is 0.0833. The molecule has 0 saturated carbocycles. The number of ether oxygens (including phenoxy) is 1. The molecule has 0 radical (unpaired) electrons. The van der Waals surface area contributed by atoms with Gasteiger partial charge in [0.2, 0.25) is 0 Å². The molecule has 0 spiro atoms. The average Bonchev–Trinajstić information content (AvgIpc) is 3.45. The number of benzene rings is 3. The highest BCUT2D eigenvalue weighted by Gasteiger charge is 2.18. The maximum absolute atomic E-state index is 12.8. The fourth-order valence-electron chi connectivity index (χ4n) is 3.62. The molecule has 1 amide bonds. The second kappa shape index (κ2) is 7.40. The summed E-state index contributed by atoms with van der Waals surface area (Å²) in [5.74, 6) is 0.924. The van der Waals surface area contributed by atoms with Crippen LogP contribution in [0, 0.1) is 0 Å². The van der Waals surface area contributed by atoms with Gasteiger partial charge in [-0.3, -0.25) is 9.89 Å². The van der Waals surface area contributed by atoms with Crippen molar-refractivity contribution in [1.29, 1.82) is 0 Å². The Hall–Kier alpha value is -4.06. The number of hydrogen-bond acceptors (Lipinski definition) is 4. The van der Waals surface area contributed by atoms with Crippen molar-refractivity contribution in [3.05, 3.63) is 84.3 Å². The van der Waals surface area contributed by atoms with E-state index in [0.29, 0.717) is 23.6 Å². The molecule has 0 bridgehead atoms. The van der Waals surface area contributed by atoms with Gasteiger partial charge < -0.3 is 14.5 Å². The predicted molar refractivity (Wildman–Crippen MR) is 115 cm³/mol. The van der Waals surface area contributed by atoms with Crippen molar-refractivity contribution in [2.45, 2.75) is 6.54 Å². The highest BCUT2D eigenvalue weighted by atomic mass is 16.5. The lowest BCUT2D eigenvalue weighted by molar-refractivity contribution is 0.0945. The molecule has 2 N–H and O–H groups in total. The number of hydrogen-bond donors (Lipinski definition) is 2. The topological polar surface area (TPSA) is 80.1 Å². The molecule has 0 aliphatic carbocycles. The minimum absolute atomic E-state index is 0.240. The third-order valence-corrected chi connectivity index (χ3v) is 5.15. The molecule has 148 valence electrons. The average molecular weight is 397 g/mol. The van der Waals surface area contributed by atoms with E-state index in [-0.39, 0.29) is 5.91 Å². The largest absolute Gasteiger partial charge is 0.496 e. The van der Waals surface area contributed by atoms with Gasteiger partial charge in [-0.05, 0) is 35.0 Å². The Morgan fingerprint density at radius 1 is 1.07 bits per heavy atom. The molecule has 30 heavy (non-hydrogen) atoms. The maximum Gasteiger partial charge on any atom is 0.255 e. The molecule has 6 nitrogen and oxygen atoms in total. The SMILES string of the molecule is COc1cc2[nH]nc(-c3ccc4ccccc4c3)c2cc1C(=O)NCc1ccco1. The molecule has 5 aromatic rings. The lowest BCUT2D eigenvalue weighted by Gasteiger charge is -2.09. The summed E-state index contributed by atoms with van der Waals surface area (Å²) < 4.78 is 10.7. The van der Waals surface area contributed by atoms with Gasteiger partial charge in [0.15, 0.2) is 0 Å². The minimum atomic E-state index is -0.240. The summed E-state index contributed by atoms with van der Waals surface area (Å²) >= 11 is 0. The zero-order valence-corrected chi connectivity index (χ0v) is 16.3. The summed E-state index contributed by atoms with van der Waals surface area (Å²) in [5.41, 5.74) is 3.02. The summed E-state index contributed by atoms with van der Waals surface area (Å²) in [6, 6.07) is 21.6. The van der Waals surface area contributed by atoms with E-state index in [4.69, 9.17) is 9.15 Å². The van der Waals surface area contributed by atoms with E-state index in [1.54, 1.807) is 25.5 Å². The third-order valence-electron chi connectivity index (χ3n) is 5.15. The number of nitrogens with zero attached hydrogens (tertiary/aromatic N) is 1. The quantitative estimate of drug-likeness (QED) is 0.441. The first-order valence-corrected chi connectivity index (χ1v) is 9.59. The summed E-state index contributed by atoms with van der Waals surface area (Å²) in [5, 5.41) is 13.6. The lowest BCUT2D eigenvalue weighted by Crippen LogP contribution is -2.23. The standard InChI is InChI=1S/C24H19N3O3/c1-29-22-13-21-19(12-20(22)24(28)25-14-18-7-4-10-30-18)23(27-26-21)17-9-8-15-5-2-3-6-16(15)11-17/h2-13H,14H2,1H3,(H,25,28)(H,26,27). The molecule has 2 aromatic heterocycles. The van der Waals surface area contributed by atoms with Gasteiger partial charge in [0.25, 0.3) is 5.91 Å². The molecule has 5 rings (SSSR count). The number of H-pyrrole nitrogens is 1. The zero-order chi connectivity index (χ0) is 20.5. The van der Waals surface area contributed by atoms with Crippen LogP contribution in [0.3, 0.4) is 0 Å². The molecule has 0 fully saturated rings. The predicted octanol–water partition coefficient (Wildman–Crippen LogP) is 4.91. The van der Waals surface area contributed by atoms with Gasteiger partial charge in [0.1, 0.15) is 11.5 Å². The molecule has 0 atom stereocenters. The Labute approximate surface area is 172 Å².